The van der Waals surface area contributed by atoms with E-state index in [0.717, 1.165) is 12.8 Å². The summed E-state index contributed by atoms with van der Waals surface area (Å²) in [6.45, 7) is 3.40. The Labute approximate surface area is 189 Å². The van der Waals surface area contributed by atoms with Crippen molar-refractivity contribution in [3.8, 4) is 0 Å². The number of aliphatic carboxylic acids is 1. The number of ether oxygens (including phenoxy) is 2. The number of carboxylic acids is 1. The van der Waals surface area contributed by atoms with Crippen molar-refractivity contribution in [3.05, 3.63) is 0 Å². The Kier molecular flexibility index (Phi) is 22.2. The highest BCUT2D eigenvalue weighted by Crippen LogP contribution is 2.13. The van der Waals surface area contributed by atoms with Gasteiger partial charge in [0, 0.05) is 13.0 Å². The largest absolute Gasteiger partial charge is 0.476 e. The zero-order valence-corrected chi connectivity index (χ0v) is 19.8. The van der Waals surface area contributed by atoms with Gasteiger partial charge in [-0.2, -0.15) is 0 Å². The van der Waals surface area contributed by atoms with Gasteiger partial charge in [-0.25, -0.2) is 4.79 Å². The molecule has 0 unspecified atom stereocenters. The molecule has 0 aliphatic rings. The van der Waals surface area contributed by atoms with E-state index >= 15 is 0 Å². The normalized spacial score (nSPS) is 10.9. The van der Waals surface area contributed by atoms with Gasteiger partial charge in [0.1, 0.15) is 6.61 Å². The van der Waals surface area contributed by atoms with Crippen LogP contribution in [-0.2, 0) is 23.9 Å². The smallest absolute Gasteiger partial charge is 0.372 e. The second-order valence-electron chi connectivity index (χ2n) is 8.36. The van der Waals surface area contributed by atoms with Crippen LogP contribution in [0.25, 0.3) is 0 Å². The summed E-state index contributed by atoms with van der Waals surface area (Å²) in [5.74, 6) is -3.06. The molecule has 0 saturated carbocycles. The van der Waals surface area contributed by atoms with Gasteiger partial charge in [-0.05, 0) is 6.42 Å². The van der Waals surface area contributed by atoms with Crippen LogP contribution in [0.2, 0.25) is 0 Å². The van der Waals surface area contributed by atoms with E-state index in [1.165, 1.54) is 89.9 Å². The van der Waals surface area contributed by atoms with Crippen LogP contribution >= 0.6 is 0 Å². The van der Waals surface area contributed by atoms with Crippen LogP contribution in [0.15, 0.2) is 0 Å². The number of ketones is 1. The third-order valence-electron chi connectivity index (χ3n) is 5.43. The molecule has 0 aromatic carbocycles. The van der Waals surface area contributed by atoms with Gasteiger partial charge in [0.15, 0.2) is 0 Å². The quantitative estimate of drug-likeness (QED) is 0.108. The molecule has 0 fully saturated rings. The van der Waals surface area contributed by atoms with Crippen LogP contribution in [0.4, 0.5) is 0 Å². The third-order valence-corrected chi connectivity index (χ3v) is 5.43. The van der Waals surface area contributed by atoms with E-state index in [9.17, 15) is 14.4 Å². The van der Waals surface area contributed by atoms with Gasteiger partial charge in [-0.15, -0.1) is 0 Å². The molecule has 0 aliphatic carbocycles. The number of Topliss-reactive ketones (excluding diaryl/α,β-unsaturated/α-hetero) is 1. The molecule has 6 nitrogen and oxygen atoms in total. The fraction of sp³-hybridized carbons (Fsp3) is 0.880. The number of unbranched alkanes of at least 4 members (excludes halogenated alkanes) is 15. The Hall–Kier alpha value is -1.43. The van der Waals surface area contributed by atoms with Crippen molar-refractivity contribution in [2.75, 3.05) is 19.8 Å². The number of esters is 1. The first-order chi connectivity index (χ1) is 15.1. The zero-order valence-electron chi connectivity index (χ0n) is 19.8. The minimum Gasteiger partial charge on any atom is -0.476 e. The second kappa shape index (κ2) is 23.2. The summed E-state index contributed by atoms with van der Waals surface area (Å²) in [5.41, 5.74) is 0. The van der Waals surface area contributed by atoms with Crippen molar-refractivity contribution < 1.29 is 29.0 Å². The van der Waals surface area contributed by atoms with Crippen LogP contribution in [0, 0.1) is 0 Å². The number of hydrogen-bond donors (Lipinski definition) is 1. The lowest BCUT2D eigenvalue weighted by molar-refractivity contribution is -0.151. The van der Waals surface area contributed by atoms with E-state index in [4.69, 9.17) is 14.6 Å². The number of carboxylic acid groups (broad SMARTS) is 1. The number of carbonyl (C=O) groups excluding carboxylic acids is 2. The molecule has 31 heavy (non-hydrogen) atoms. The van der Waals surface area contributed by atoms with E-state index in [1.807, 2.05) is 0 Å². The molecular weight excluding hydrogens is 396 g/mol. The molecule has 0 amide bonds. The Morgan fingerprint density at radius 3 is 1.48 bits per heavy atom. The molecule has 0 radical (unpaired) electrons. The van der Waals surface area contributed by atoms with Gasteiger partial charge in [-0.1, -0.05) is 103 Å². The number of hydrogen-bond acceptors (Lipinski definition) is 5. The Bertz CT molecular complexity index is 449. The lowest BCUT2D eigenvalue weighted by Crippen LogP contribution is -2.16. The maximum atomic E-state index is 11.3. The Morgan fingerprint density at radius 1 is 0.581 bits per heavy atom. The topological polar surface area (TPSA) is 89.9 Å². The lowest BCUT2D eigenvalue weighted by Gasteiger charge is -2.06. The molecule has 0 saturated heterocycles. The summed E-state index contributed by atoms with van der Waals surface area (Å²) in [6, 6.07) is 0. The summed E-state index contributed by atoms with van der Waals surface area (Å²) < 4.78 is 10.3. The average Bonchev–Trinajstić information content (AvgIpc) is 2.76. The fourth-order valence-corrected chi connectivity index (χ4v) is 3.46. The molecule has 1 N–H and O–H groups in total. The van der Waals surface area contributed by atoms with E-state index in [-0.39, 0.29) is 19.4 Å². The summed E-state index contributed by atoms with van der Waals surface area (Å²) >= 11 is 0. The van der Waals surface area contributed by atoms with Gasteiger partial charge in [-0.3, -0.25) is 9.59 Å². The first-order valence-electron chi connectivity index (χ1n) is 12.6. The van der Waals surface area contributed by atoms with Crippen molar-refractivity contribution in [2.24, 2.45) is 0 Å². The van der Waals surface area contributed by atoms with Crippen molar-refractivity contribution in [1.82, 2.24) is 0 Å². The van der Waals surface area contributed by atoms with Crippen LogP contribution in [0.3, 0.4) is 0 Å². The van der Waals surface area contributed by atoms with Gasteiger partial charge < -0.3 is 14.6 Å². The highest BCUT2D eigenvalue weighted by atomic mass is 16.6. The summed E-state index contributed by atoms with van der Waals surface area (Å²) in [5, 5.41) is 8.42. The molecule has 0 spiro atoms. The number of carbonyl (C=O) groups is 3. The Balaban J connectivity index is 3.16. The predicted molar refractivity (Wildman–Crippen MR) is 123 cm³/mol. The van der Waals surface area contributed by atoms with Crippen molar-refractivity contribution in [3.63, 3.8) is 0 Å². The molecule has 0 heterocycles. The average molecular weight is 443 g/mol. The van der Waals surface area contributed by atoms with E-state index in [1.54, 1.807) is 0 Å². The third kappa shape index (κ3) is 23.1. The van der Waals surface area contributed by atoms with Crippen molar-refractivity contribution in [2.45, 2.75) is 122 Å². The van der Waals surface area contributed by atoms with Gasteiger partial charge >= 0.3 is 11.9 Å². The first kappa shape index (κ1) is 29.6. The maximum Gasteiger partial charge on any atom is 0.372 e. The molecular formula is C25H46O6. The first-order valence-corrected chi connectivity index (χ1v) is 12.6. The molecule has 6 heteroatoms. The number of rotatable bonds is 24. The van der Waals surface area contributed by atoms with Crippen molar-refractivity contribution in [1.29, 1.82) is 0 Å². The molecule has 0 bridgehead atoms. The highest BCUT2D eigenvalue weighted by molar-refractivity contribution is 6.32. The van der Waals surface area contributed by atoms with Gasteiger partial charge in [0.25, 0.3) is 0 Å². The lowest BCUT2D eigenvalue weighted by atomic mass is 10.0. The van der Waals surface area contributed by atoms with Crippen LogP contribution < -0.4 is 0 Å². The molecule has 0 rings (SSSR count). The Morgan fingerprint density at radius 2 is 1.03 bits per heavy atom. The summed E-state index contributed by atoms with van der Waals surface area (Å²) in [7, 11) is 0. The zero-order chi connectivity index (χ0) is 23.0. The molecule has 0 aromatic heterocycles. The second-order valence-corrected chi connectivity index (χ2v) is 8.36. The van der Waals surface area contributed by atoms with E-state index < -0.39 is 17.7 Å². The van der Waals surface area contributed by atoms with Gasteiger partial charge in [0.2, 0.25) is 5.78 Å². The predicted octanol–water partition coefficient (Wildman–Crippen LogP) is 6.24. The van der Waals surface area contributed by atoms with Crippen molar-refractivity contribution >= 4 is 17.7 Å². The van der Waals surface area contributed by atoms with Crippen LogP contribution in [0.1, 0.15) is 122 Å². The molecule has 0 atom stereocenters. The molecule has 182 valence electrons. The minimum atomic E-state index is -1.52. The van der Waals surface area contributed by atoms with E-state index in [0.29, 0.717) is 13.2 Å². The SMILES string of the molecule is CCCCCCCCCCCCCCCCCCOCCOC(=O)CCC(=O)C(=O)O. The monoisotopic (exact) mass is 442 g/mol. The fourth-order valence-electron chi connectivity index (χ4n) is 3.46. The van der Waals surface area contributed by atoms with Gasteiger partial charge in [0.05, 0.1) is 13.0 Å². The summed E-state index contributed by atoms with van der Waals surface area (Å²) in [4.78, 5) is 32.6. The summed E-state index contributed by atoms with van der Waals surface area (Å²) in [6.07, 6.45) is 20.9. The molecule has 0 aromatic rings. The van der Waals surface area contributed by atoms with E-state index in [2.05, 4.69) is 6.92 Å². The maximum absolute atomic E-state index is 11.3. The molecule has 0 aliphatic heterocycles. The van der Waals surface area contributed by atoms with Crippen LogP contribution in [-0.4, -0.2) is 42.6 Å². The standard InChI is InChI=1S/C25H46O6/c1-2-3-4-5-6-7-8-9-10-11-12-13-14-15-16-17-20-30-21-22-31-24(27)19-18-23(26)25(28)29/h2-22H2,1H3,(H,28,29). The van der Waals surface area contributed by atoms with Crippen LogP contribution in [0.5, 0.6) is 0 Å². The minimum absolute atomic E-state index is 0.138. The highest BCUT2D eigenvalue weighted by Gasteiger charge is 2.14.